The molecule has 2 aromatic rings. The first kappa shape index (κ1) is 8.58. The van der Waals surface area contributed by atoms with Crippen LogP contribution in [0, 0.1) is 0 Å². The maximum absolute atomic E-state index is 2.34. The summed E-state index contributed by atoms with van der Waals surface area (Å²) < 4.78 is 0. The Hall–Kier alpha value is -1.56. The second kappa shape index (κ2) is 2.98. The zero-order valence-electron chi connectivity index (χ0n) is 9.24. The molecule has 0 heteroatoms. The lowest BCUT2D eigenvalue weighted by molar-refractivity contribution is 1.07. The fourth-order valence-corrected chi connectivity index (χ4v) is 2.96. The largest absolute Gasteiger partial charge is 0.0619 e. The zero-order chi connectivity index (χ0) is 10.5. The van der Waals surface area contributed by atoms with Gasteiger partial charge in [0.05, 0.1) is 0 Å². The summed E-state index contributed by atoms with van der Waals surface area (Å²) in [6.45, 7) is 0. The van der Waals surface area contributed by atoms with Crippen molar-refractivity contribution in [2.45, 2.75) is 25.2 Å². The first-order chi connectivity index (χ1) is 7.93. The fraction of sp³-hybridized carbons (Fsp3) is 0.250. The third-order valence-electron chi connectivity index (χ3n) is 3.90. The van der Waals surface area contributed by atoms with E-state index in [1.54, 1.807) is 11.1 Å². The summed E-state index contributed by atoms with van der Waals surface area (Å²) in [6, 6.07) is 15.7. The summed E-state index contributed by atoms with van der Waals surface area (Å²) in [5, 5.41) is 0. The molecule has 0 aromatic heterocycles. The summed E-state index contributed by atoms with van der Waals surface area (Å²) >= 11 is 0. The molecule has 0 spiro atoms. The van der Waals surface area contributed by atoms with Crippen LogP contribution in [0.4, 0.5) is 0 Å². The van der Waals surface area contributed by atoms with Crippen LogP contribution in [0.1, 0.15) is 35.4 Å². The summed E-state index contributed by atoms with van der Waals surface area (Å²) in [7, 11) is 0. The number of rotatable bonds is 1. The van der Waals surface area contributed by atoms with Gasteiger partial charge in [0.15, 0.2) is 0 Å². The van der Waals surface area contributed by atoms with Crippen molar-refractivity contribution in [2.24, 2.45) is 0 Å². The highest BCUT2D eigenvalue weighted by atomic mass is 14.3. The van der Waals surface area contributed by atoms with Gasteiger partial charge in [0.1, 0.15) is 0 Å². The van der Waals surface area contributed by atoms with Gasteiger partial charge in [-0.1, -0.05) is 42.5 Å². The first-order valence-electron chi connectivity index (χ1n) is 6.13. The predicted octanol–water partition coefficient (Wildman–Crippen LogP) is 4.14. The minimum atomic E-state index is 0.865. The summed E-state index contributed by atoms with van der Waals surface area (Å²) in [4.78, 5) is 0. The molecule has 0 atom stereocenters. The van der Waals surface area contributed by atoms with E-state index in [0.29, 0.717) is 0 Å². The molecule has 0 heterocycles. The van der Waals surface area contributed by atoms with E-state index in [4.69, 9.17) is 0 Å². The van der Waals surface area contributed by atoms with E-state index in [9.17, 15) is 0 Å². The molecule has 0 bridgehead atoms. The van der Waals surface area contributed by atoms with Gasteiger partial charge in [-0.15, -0.1) is 0 Å². The maximum Gasteiger partial charge on any atom is -0.00106 e. The summed E-state index contributed by atoms with van der Waals surface area (Å²) in [5.74, 6) is 0.865. The van der Waals surface area contributed by atoms with Gasteiger partial charge in [-0.05, 0) is 53.0 Å². The lowest BCUT2D eigenvalue weighted by Crippen LogP contribution is -1.89. The maximum atomic E-state index is 2.34. The molecule has 0 amide bonds. The highest BCUT2D eigenvalue weighted by molar-refractivity contribution is 5.78. The minimum absolute atomic E-state index is 0.865. The topological polar surface area (TPSA) is 0 Å². The Morgan fingerprint density at radius 3 is 2.50 bits per heavy atom. The van der Waals surface area contributed by atoms with Gasteiger partial charge >= 0.3 is 0 Å². The number of fused-ring (bicyclic) bond motifs is 3. The number of hydrogen-bond acceptors (Lipinski definition) is 0. The van der Waals surface area contributed by atoms with Gasteiger partial charge in [-0.3, -0.25) is 0 Å². The van der Waals surface area contributed by atoms with Crippen LogP contribution in [-0.2, 0) is 6.42 Å². The van der Waals surface area contributed by atoms with E-state index >= 15 is 0 Å². The Balaban J connectivity index is 1.96. The predicted molar refractivity (Wildman–Crippen MR) is 66.7 cm³/mol. The second-order valence-electron chi connectivity index (χ2n) is 4.98. The third kappa shape index (κ3) is 1.10. The van der Waals surface area contributed by atoms with Crippen LogP contribution in [0.2, 0.25) is 0 Å². The third-order valence-corrected chi connectivity index (χ3v) is 3.90. The lowest BCUT2D eigenvalue weighted by Gasteiger charge is -2.06. The summed E-state index contributed by atoms with van der Waals surface area (Å²) in [6.07, 6.45) is 3.94. The van der Waals surface area contributed by atoms with Crippen LogP contribution in [-0.4, -0.2) is 0 Å². The normalized spacial score (nSPS) is 17.0. The van der Waals surface area contributed by atoms with Gasteiger partial charge in [-0.25, -0.2) is 0 Å². The van der Waals surface area contributed by atoms with Crippen LogP contribution in [0.15, 0.2) is 42.5 Å². The van der Waals surface area contributed by atoms with E-state index in [1.807, 2.05) is 0 Å². The number of hydrogen-bond donors (Lipinski definition) is 0. The molecular formula is C16H14. The van der Waals surface area contributed by atoms with Crippen molar-refractivity contribution in [1.29, 1.82) is 0 Å². The molecule has 0 unspecified atom stereocenters. The molecule has 0 nitrogen and oxygen atoms in total. The molecule has 78 valence electrons. The molecule has 0 aliphatic heterocycles. The molecular weight excluding hydrogens is 192 g/mol. The van der Waals surface area contributed by atoms with E-state index in [-0.39, 0.29) is 0 Å². The van der Waals surface area contributed by atoms with Gasteiger partial charge in [0.2, 0.25) is 0 Å². The number of benzene rings is 2. The Kier molecular flexibility index (Phi) is 1.59. The van der Waals surface area contributed by atoms with Crippen molar-refractivity contribution in [3.63, 3.8) is 0 Å². The average Bonchev–Trinajstić information content (AvgIpc) is 3.09. The van der Waals surface area contributed by atoms with Crippen molar-refractivity contribution in [3.05, 3.63) is 59.2 Å². The highest BCUT2D eigenvalue weighted by Gasteiger charge is 2.29. The van der Waals surface area contributed by atoms with E-state index in [2.05, 4.69) is 42.5 Å². The van der Waals surface area contributed by atoms with Crippen molar-refractivity contribution in [1.82, 2.24) is 0 Å². The highest BCUT2D eigenvalue weighted by Crippen LogP contribution is 2.47. The summed E-state index contributed by atoms with van der Waals surface area (Å²) in [5.41, 5.74) is 7.67. The van der Waals surface area contributed by atoms with Gasteiger partial charge < -0.3 is 0 Å². The standard InChI is InChI=1S/C16H14/c1-2-5-14-12(4-1)10-16-13(11-8-9-11)6-3-7-15(14)16/h1-7,11H,8-10H2. The molecule has 1 fully saturated rings. The van der Waals surface area contributed by atoms with E-state index in [1.165, 1.54) is 29.5 Å². The first-order valence-corrected chi connectivity index (χ1v) is 6.13. The van der Waals surface area contributed by atoms with Gasteiger partial charge in [0.25, 0.3) is 0 Å². The van der Waals surface area contributed by atoms with Crippen LogP contribution in [0.5, 0.6) is 0 Å². The molecule has 0 radical (unpaired) electrons. The van der Waals surface area contributed by atoms with Crippen LogP contribution >= 0.6 is 0 Å². The van der Waals surface area contributed by atoms with Crippen molar-refractivity contribution in [3.8, 4) is 11.1 Å². The Labute approximate surface area is 95.9 Å². The van der Waals surface area contributed by atoms with Gasteiger partial charge in [0, 0.05) is 0 Å². The van der Waals surface area contributed by atoms with Crippen molar-refractivity contribution < 1.29 is 0 Å². The second-order valence-corrected chi connectivity index (χ2v) is 4.98. The minimum Gasteiger partial charge on any atom is -0.0619 e. The van der Waals surface area contributed by atoms with Crippen LogP contribution < -0.4 is 0 Å². The Morgan fingerprint density at radius 2 is 1.62 bits per heavy atom. The lowest BCUT2D eigenvalue weighted by atomic mass is 9.98. The fourth-order valence-electron chi connectivity index (χ4n) is 2.96. The molecule has 16 heavy (non-hydrogen) atoms. The van der Waals surface area contributed by atoms with E-state index in [0.717, 1.165) is 12.3 Å². The molecule has 2 aliphatic rings. The molecule has 1 saturated carbocycles. The molecule has 4 rings (SSSR count). The monoisotopic (exact) mass is 206 g/mol. The smallest absolute Gasteiger partial charge is 0.00106 e. The Bertz CT molecular complexity index is 562. The van der Waals surface area contributed by atoms with E-state index < -0.39 is 0 Å². The molecule has 0 N–H and O–H groups in total. The molecule has 0 saturated heterocycles. The van der Waals surface area contributed by atoms with Crippen LogP contribution in [0.3, 0.4) is 0 Å². The SMILES string of the molecule is c1ccc2c(c1)Cc1c-2cccc1C1CC1. The molecule has 2 aromatic carbocycles. The van der Waals surface area contributed by atoms with Crippen molar-refractivity contribution in [2.75, 3.05) is 0 Å². The quantitative estimate of drug-likeness (QED) is 0.561. The zero-order valence-corrected chi connectivity index (χ0v) is 9.24. The van der Waals surface area contributed by atoms with Gasteiger partial charge in [-0.2, -0.15) is 0 Å². The van der Waals surface area contributed by atoms with Crippen molar-refractivity contribution >= 4 is 0 Å². The van der Waals surface area contributed by atoms with Crippen LogP contribution in [0.25, 0.3) is 11.1 Å². The molecule has 2 aliphatic carbocycles. The Morgan fingerprint density at radius 1 is 0.812 bits per heavy atom. The average molecular weight is 206 g/mol.